The molecule has 0 aliphatic carbocycles. The average molecular weight is 220 g/mol. The zero-order valence-electron chi connectivity index (χ0n) is 8.58. The predicted octanol–water partition coefficient (Wildman–Crippen LogP) is -1.52. The summed E-state index contributed by atoms with van der Waals surface area (Å²) in [6.07, 6.45) is -4.62. The standard InChI is InChI=1S/C9H16O6/c1-4(5(2)9(14)15)7(12)8(13)6(11)3-10/h6-8,10-13H,3H2,1-2H3,(H,14,15). The van der Waals surface area contributed by atoms with E-state index >= 15 is 0 Å². The molecule has 0 saturated carbocycles. The van der Waals surface area contributed by atoms with Crippen LogP contribution in [0.5, 0.6) is 0 Å². The van der Waals surface area contributed by atoms with Gasteiger partial charge < -0.3 is 25.5 Å². The number of carboxylic acids is 1. The van der Waals surface area contributed by atoms with Crippen LogP contribution in [-0.2, 0) is 4.79 Å². The summed E-state index contributed by atoms with van der Waals surface area (Å²) >= 11 is 0. The summed E-state index contributed by atoms with van der Waals surface area (Å²) in [4.78, 5) is 10.5. The lowest BCUT2D eigenvalue weighted by Crippen LogP contribution is -2.40. The van der Waals surface area contributed by atoms with Crippen LogP contribution in [-0.4, -0.2) is 56.4 Å². The first kappa shape index (κ1) is 14.1. The molecule has 0 rings (SSSR count). The Labute approximate surface area is 87.1 Å². The van der Waals surface area contributed by atoms with E-state index < -0.39 is 30.9 Å². The van der Waals surface area contributed by atoms with E-state index in [1.807, 2.05) is 0 Å². The molecule has 0 aromatic carbocycles. The normalized spacial score (nSPS) is 19.1. The molecule has 0 bridgehead atoms. The van der Waals surface area contributed by atoms with Gasteiger partial charge in [-0.3, -0.25) is 0 Å². The highest BCUT2D eigenvalue weighted by molar-refractivity contribution is 5.86. The van der Waals surface area contributed by atoms with Crippen molar-refractivity contribution in [2.75, 3.05) is 6.61 Å². The van der Waals surface area contributed by atoms with Crippen LogP contribution in [0.25, 0.3) is 0 Å². The molecule has 0 saturated heterocycles. The SMILES string of the molecule is CC(C(=O)O)=C(C)C(O)C(O)C(O)CO. The number of rotatable bonds is 5. The molecular formula is C9H16O6. The van der Waals surface area contributed by atoms with Gasteiger partial charge in [-0.15, -0.1) is 0 Å². The summed E-state index contributed by atoms with van der Waals surface area (Å²) in [6, 6.07) is 0. The maximum absolute atomic E-state index is 10.5. The first-order chi connectivity index (χ1) is 6.82. The molecule has 0 heterocycles. The monoisotopic (exact) mass is 220 g/mol. The molecule has 15 heavy (non-hydrogen) atoms. The average Bonchev–Trinajstić information content (AvgIpc) is 2.23. The van der Waals surface area contributed by atoms with Crippen LogP contribution >= 0.6 is 0 Å². The highest BCUT2D eigenvalue weighted by Crippen LogP contribution is 2.14. The Morgan fingerprint density at radius 2 is 1.67 bits per heavy atom. The molecule has 0 fully saturated rings. The van der Waals surface area contributed by atoms with Gasteiger partial charge in [0.15, 0.2) is 0 Å². The van der Waals surface area contributed by atoms with Crippen LogP contribution in [0, 0.1) is 0 Å². The van der Waals surface area contributed by atoms with Gasteiger partial charge in [-0.25, -0.2) is 4.79 Å². The minimum atomic E-state index is -1.61. The van der Waals surface area contributed by atoms with E-state index in [4.69, 9.17) is 15.3 Å². The molecule has 0 amide bonds. The molecule has 0 spiro atoms. The zero-order valence-corrected chi connectivity index (χ0v) is 8.58. The maximum Gasteiger partial charge on any atom is 0.331 e. The Hall–Kier alpha value is -0.950. The third-order valence-corrected chi connectivity index (χ3v) is 2.26. The fraction of sp³-hybridized carbons (Fsp3) is 0.667. The van der Waals surface area contributed by atoms with Gasteiger partial charge in [-0.05, 0) is 19.4 Å². The second-order valence-electron chi connectivity index (χ2n) is 3.30. The summed E-state index contributed by atoms with van der Waals surface area (Å²) in [5, 5.41) is 44.9. The molecule has 5 N–H and O–H groups in total. The molecule has 0 aromatic heterocycles. The van der Waals surface area contributed by atoms with E-state index in [0.29, 0.717) is 0 Å². The second-order valence-corrected chi connectivity index (χ2v) is 3.30. The Balaban J connectivity index is 4.78. The molecule has 3 unspecified atom stereocenters. The van der Waals surface area contributed by atoms with Crippen molar-refractivity contribution in [3.63, 3.8) is 0 Å². The van der Waals surface area contributed by atoms with E-state index in [1.54, 1.807) is 0 Å². The van der Waals surface area contributed by atoms with E-state index in [-0.39, 0.29) is 11.1 Å². The van der Waals surface area contributed by atoms with Gasteiger partial charge in [0.25, 0.3) is 0 Å². The highest BCUT2D eigenvalue weighted by atomic mass is 16.4. The lowest BCUT2D eigenvalue weighted by Gasteiger charge is -2.22. The summed E-state index contributed by atoms with van der Waals surface area (Å²) < 4.78 is 0. The van der Waals surface area contributed by atoms with Crippen molar-refractivity contribution in [2.24, 2.45) is 0 Å². The van der Waals surface area contributed by atoms with Gasteiger partial charge in [0.2, 0.25) is 0 Å². The molecule has 88 valence electrons. The fourth-order valence-corrected chi connectivity index (χ4v) is 0.965. The molecule has 3 atom stereocenters. The third-order valence-electron chi connectivity index (χ3n) is 2.26. The number of carbonyl (C=O) groups is 1. The van der Waals surface area contributed by atoms with Crippen LogP contribution in [0.15, 0.2) is 11.1 Å². The largest absolute Gasteiger partial charge is 0.478 e. The highest BCUT2D eigenvalue weighted by Gasteiger charge is 2.27. The molecule has 0 aromatic rings. The van der Waals surface area contributed by atoms with E-state index in [2.05, 4.69) is 0 Å². The van der Waals surface area contributed by atoms with Crippen LogP contribution in [0.4, 0.5) is 0 Å². The van der Waals surface area contributed by atoms with Gasteiger partial charge >= 0.3 is 5.97 Å². The zero-order chi connectivity index (χ0) is 12.2. The van der Waals surface area contributed by atoms with Gasteiger partial charge in [-0.1, -0.05) is 0 Å². The number of aliphatic carboxylic acids is 1. The van der Waals surface area contributed by atoms with Crippen LogP contribution in [0.1, 0.15) is 13.8 Å². The quantitative estimate of drug-likeness (QED) is 0.359. The molecule has 6 nitrogen and oxygen atoms in total. The van der Waals surface area contributed by atoms with E-state index in [0.717, 1.165) is 0 Å². The summed E-state index contributed by atoms with van der Waals surface area (Å²) in [6.45, 7) is 1.90. The van der Waals surface area contributed by atoms with Crippen molar-refractivity contribution in [3.8, 4) is 0 Å². The number of carboxylic acid groups (broad SMARTS) is 1. The number of hydrogen-bond donors (Lipinski definition) is 5. The predicted molar refractivity (Wildman–Crippen MR) is 51.1 cm³/mol. The number of aliphatic hydroxyl groups is 4. The van der Waals surface area contributed by atoms with Gasteiger partial charge in [0.05, 0.1) is 6.61 Å². The van der Waals surface area contributed by atoms with Crippen molar-refractivity contribution in [3.05, 3.63) is 11.1 Å². The van der Waals surface area contributed by atoms with Crippen LogP contribution < -0.4 is 0 Å². The van der Waals surface area contributed by atoms with Crippen molar-refractivity contribution in [2.45, 2.75) is 32.2 Å². The van der Waals surface area contributed by atoms with Crippen LogP contribution in [0.3, 0.4) is 0 Å². The second kappa shape index (κ2) is 5.82. The lowest BCUT2D eigenvalue weighted by atomic mass is 9.98. The third kappa shape index (κ3) is 3.60. The van der Waals surface area contributed by atoms with E-state index in [1.165, 1.54) is 13.8 Å². The summed E-state index contributed by atoms with van der Waals surface area (Å²) in [5.41, 5.74) is -0.0609. The van der Waals surface area contributed by atoms with Crippen molar-refractivity contribution in [1.29, 1.82) is 0 Å². The number of aliphatic hydroxyl groups excluding tert-OH is 4. The smallest absolute Gasteiger partial charge is 0.331 e. The number of hydrogen-bond acceptors (Lipinski definition) is 5. The molecular weight excluding hydrogens is 204 g/mol. The van der Waals surface area contributed by atoms with Gasteiger partial charge in [-0.2, -0.15) is 0 Å². The Morgan fingerprint density at radius 3 is 2.00 bits per heavy atom. The first-order valence-electron chi connectivity index (χ1n) is 4.38. The fourth-order valence-electron chi connectivity index (χ4n) is 0.965. The molecule has 0 aliphatic heterocycles. The van der Waals surface area contributed by atoms with Crippen molar-refractivity contribution < 1.29 is 30.3 Å². The lowest BCUT2D eigenvalue weighted by molar-refractivity contribution is -0.132. The minimum absolute atomic E-state index is 0.0440. The Kier molecular flexibility index (Phi) is 5.45. The Bertz CT molecular complexity index is 259. The van der Waals surface area contributed by atoms with Crippen LogP contribution in [0.2, 0.25) is 0 Å². The first-order valence-corrected chi connectivity index (χ1v) is 4.38. The Morgan fingerprint density at radius 1 is 1.20 bits per heavy atom. The molecule has 0 radical (unpaired) electrons. The summed E-state index contributed by atoms with van der Waals surface area (Å²) in [7, 11) is 0. The van der Waals surface area contributed by atoms with Crippen molar-refractivity contribution in [1.82, 2.24) is 0 Å². The minimum Gasteiger partial charge on any atom is -0.478 e. The van der Waals surface area contributed by atoms with E-state index in [9.17, 15) is 15.0 Å². The maximum atomic E-state index is 10.5. The van der Waals surface area contributed by atoms with Crippen molar-refractivity contribution >= 4 is 5.97 Å². The summed E-state index contributed by atoms with van der Waals surface area (Å²) in [5.74, 6) is -1.21. The molecule has 0 aliphatic rings. The molecule has 6 heteroatoms. The van der Waals surface area contributed by atoms with Gasteiger partial charge in [0, 0.05) is 5.57 Å². The van der Waals surface area contributed by atoms with Gasteiger partial charge in [0.1, 0.15) is 18.3 Å². The topological polar surface area (TPSA) is 118 Å².